The van der Waals surface area contributed by atoms with Crippen LogP contribution in [0.3, 0.4) is 0 Å². The summed E-state index contributed by atoms with van der Waals surface area (Å²) >= 11 is 0. The molecule has 0 aromatic heterocycles. The number of rotatable bonds is 10. The fraction of sp³-hybridized carbons (Fsp3) is 0.412. The van der Waals surface area contributed by atoms with Crippen LogP contribution in [0.2, 0.25) is 0 Å². The van der Waals surface area contributed by atoms with Gasteiger partial charge in [-0.05, 0) is 104 Å². The zero-order chi connectivity index (χ0) is 26.9. The van der Waals surface area contributed by atoms with Gasteiger partial charge in [0.25, 0.3) is 0 Å². The maximum Gasteiger partial charge on any atom is 0.120 e. The summed E-state index contributed by atoms with van der Waals surface area (Å²) in [7, 11) is 3.45. The minimum Gasteiger partial charge on any atom is -0.497 e. The molecule has 206 valence electrons. The molecule has 0 amide bonds. The van der Waals surface area contributed by atoms with Crippen LogP contribution < -0.4 is 19.5 Å². The van der Waals surface area contributed by atoms with Gasteiger partial charge in [0, 0.05) is 30.4 Å². The van der Waals surface area contributed by atoms with Gasteiger partial charge in [-0.1, -0.05) is 37.1 Å². The van der Waals surface area contributed by atoms with Crippen molar-refractivity contribution in [1.82, 2.24) is 4.90 Å². The summed E-state index contributed by atoms with van der Waals surface area (Å²) in [5.74, 6) is 2.72. The van der Waals surface area contributed by atoms with Crippen molar-refractivity contribution in [2.75, 3.05) is 45.8 Å². The number of hydrogen-bond acceptors (Lipinski definition) is 5. The summed E-state index contributed by atoms with van der Waals surface area (Å²) in [6.45, 7) is 4.90. The number of anilines is 1. The molecule has 3 aromatic carbocycles. The second-order valence-electron chi connectivity index (χ2n) is 10.6. The van der Waals surface area contributed by atoms with E-state index < -0.39 is 0 Å². The number of nitrogens with zero attached hydrogens (tertiary/aromatic N) is 1. The fourth-order valence-corrected chi connectivity index (χ4v) is 5.64. The lowest BCUT2D eigenvalue weighted by molar-refractivity contribution is 0.214. The number of aryl methyl sites for hydroxylation is 1. The Morgan fingerprint density at radius 1 is 0.744 bits per heavy atom. The Morgan fingerprint density at radius 2 is 1.46 bits per heavy atom. The first kappa shape index (κ1) is 27.1. The number of nitrogens with one attached hydrogen (secondary N) is 1. The van der Waals surface area contributed by atoms with Crippen molar-refractivity contribution < 1.29 is 14.2 Å². The van der Waals surface area contributed by atoms with Gasteiger partial charge in [0.15, 0.2) is 0 Å². The Balaban J connectivity index is 1.24. The molecule has 5 heteroatoms. The molecular weight excluding hydrogens is 484 g/mol. The molecule has 1 aliphatic carbocycles. The Bertz CT molecular complexity index is 1240. The molecule has 0 spiro atoms. The topological polar surface area (TPSA) is 43.0 Å². The van der Waals surface area contributed by atoms with Crippen LogP contribution in [0.1, 0.15) is 60.8 Å². The summed E-state index contributed by atoms with van der Waals surface area (Å²) < 4.78 is 17.1. The van der Waals surface area contributed by atoms with Crippen molar-refractivity contribution in [1.29, 1.82) is 0 Å². The van der Waals surface area contributed by atoms with Gasteiger partial charge in [-0.15, -0.1) is 0 Å². The van der Waals surface area contributed by atoms with E-state index in [0.29, 0.717) is 0 Å². The Kier molecular flexibility index (Phi) is 9.44. The van der Waals surface area contributed by atoms with Crippen LogP contribution in [0, 0.1) is 0 Å². The molecule has 1 saturated heterocycles. The van der Waals surface area contributed by atoms with E-state index in [0.717, 1.165) is 61.9 Å². The Labute approximate surface area is 233 Å². The maximum atomic E-state index is 6.06. The zero-order valence-electron chi connectivity index (χ0n) is 23.5. The standard InChI is InChI=1S/C34H42N2O3/c1-37-31-15-12-28-22-29(9-7-8-27(28)23-31)33-17-16-32(38-2)24-34(33)35-25-26-10-13-30(14-11-26)39-21-20-36-18-5-3-4-6-19-36/h10-17,22-24,35H,3-9,18-21,25H2,1-2H3. The van der Waals surface area contributed by atoms with Crippen LogP contribution in [0.15, 0.2) is 60.7 Å². The van der Waals surface area contributed by atoms with Gasteiger partial charge in [-0.3, -0.25) is 4.90 Å². The third-order valence-corrected chi connectivity index (χ3v) is 7.93. The maximum absolute atomic E-state index is 6.06. The van der Waals surface area contributed by atoms with Gasteiger partial charge in [-0.25, -0.2) is 0 Å². The summed E-state index contributed by atoms with van der Waals surface area (Å²) in [6.07, 6.45) is 10.9. The lowest BCUT2D eigenvalue weighted by atomic mass is 9.98. The van der Waals surface area contributed by atoms with Gasteiger partial charge in [0.05, 0.1) is 14.2 Å². The third-order valence-electron chi connectivity index (χ3n) is 7.93. The average molecular weight is 527 g/mol. The number of hydrogen-bond donors (Lipinski definition) is 1. The molecule has 0 radical (unpaired) electrons. The largest absolute Gasteiger partial charge is 0.497 e. The highest BCUT2D eigenvalue weighted by Gasteiger charge is 2.15. The number of likely N-dealkylation sites (tertiary alicyclic amines) is 1. The van der Waals surface area contributed by atoms with Crippen molar-refractivity contribution in [3.05, 3.63) is 82.9 Å². The predicted octanol–water partition coefficient (Wildman–Crippen LogP) is 7.45. The number of fused-ring (bicyclic) bond motifs is 1. The molecular formula is C34H42N2O3. The van der Waals surface area contributed by atoms with E-state index >= 15 is 0 Å². The minimum atomic E-state index is 0.731. The quantitative estimate of drug-likeness (QED) is 0.297. The van der Waals surface area contributed by atoms with Gasteiger partial charge in [0.2, 0.25) is 0 Å². The number of ether oxygens (including phenoxy) is 3. The lowest BCUT2D eigenvalue weighted by Crippen LogP contribution is -2.29. The van der Waals surface area contributed by atoms with Crippen molar-refractivity contribution in [3.63, 3.8) is 0 Å². The Hall–Kier alpha value is -3.44. The molecule has 1 fully saturated rings. The van der Waals surface area contributed by atoms with Crippen molar-refractivity contribution >= 4 is 17.3 Å². The highest BCUT2D eigenvalue weighted by Crippen LogP contribution is 2.36. The lowest BCUT2D eigenvalue weighted by Gasteiger charge is -2.19. The highest BCUT2D eigenvalue weighted by molar-refractivity contribution is 5.88. The molecule has 39 heavy (non-hydrogen) atoms. The van der Waals surface area contributed by atoms with E-state index in [1.165, 1.54) is 66.6 Å². The van der Waals surface area contributed by atoms with E-state index in [1.807, 2.05) is 6.07 Å². The van der Waals surface area contributed by atoms with Gasteiger partial charge in [-0.2, -0.15) is 0 Å². The van der Waals surface area contributed by atoms with Crippen LogP contribution in [-0.2, 0) is 13.0 Å². The van der Waals surface area contributed by atoms with Crippen LogP contribution in [0.4, 0.5) is 5.69 Å². The number of benzene rings is 3. The normalized spacial score (nSPS) is 15.9. The number of allylic oxidation sites excluding steroid dienone is 1. The predicted molar refractivity (Wildman–Crippen MR) is 161 cm³/mol. The third kappa shape index (κ3) is 7.36. The number of methoxy groups -OCH3 is 2. The van der Waals surface area contributed by atoms with Gasteiger partial charge < -0.3 is 19.5 Å². The molecule has 0 unspecified atom stereocenters. The molecule has 5 rings (SSSR count). The first-order valence-corrected chi connectivity index (χ1v) is 14.5. The van der Waals surface area contributed by atoms with E-state index in [2.05, 4.69) is 70.9 Å². The molecule has 1 heterocycles. The van der Waals surface area contributed by atoms with E-state index in [1.54, 1.807) is 14.2 Å². The summed E-state index contributed by atoms with van der Waals surface area (Å²) in [5, 5.41) is 3.69. The molecule has 1 aliphatic heterocycles. The molecule has 0 saturated carbocycles. The molecule has 5 nitrogen and oxygen atoms in total. The van der Waals surface area contributed by atoms with E-state index in [9.17, 15) is 0 Å². The average Bonchev–Trinajstić information content (AvgIpc) is 3.37. The van der Waals surface area contributed by atoms with Crippen molar-refractivity contribution in [2.24, 2.45) is 0 Å². The first-order valence-electron chi connectivity index (χ1n) is 14.5. The minimum absolute atomic E-state index is 0.731. The van der Waals surface area contributed by atoms with E-state index in [4.69, 9.17) is 14.2 Å². The van der Waals surface area contributed by atoms with Gasteiger partial charge in [0.1, 0.15) is 23.9 Å². The summed E-state index contributed by atoms with van der Waals surface area (Å²) in [4.78, 5) is 2.54. The van der Waals surface area contributed by atoms with Crippen molar-refractivity contribution in [3.8, 4) is 17.2 Å². The molecule has 1 N–H and O–H groups in total. The van der Waals surface area contributed by atoms with E-state index in [-0.39, 0.29) is 0 Å². The second kappa shape index (κ2) is 13.6. The first-order chi connectivity index (χ1) is 19.2. The smallest absolute Gasteiger partial charge is 0.120 e. The van der Waals surface area contributed by atoms with Crippen LogP contribution in [-0.4, -0.2) is 45.4 Å². The zero-order valence-corrected chi connectivity index (χ0v) is 23.5. The summed E-state index contributed by atoms with van der Waals surface area (Å²) in [6, 6.07) is 21.2. The molecule has 3 aromatic rings. The monoisotopic (exact) mass is 526 g/mol. The summed E-state index contributed by atoms with van der Waals surface area (Å²) in [5.41, 5.74) is 7.51. The van der Waals surface area contributed by atoms with Crippen LogP contribution in [0.5, 0.6) is 17.2 Å². The Morgan fingerprint density at radius 3 is 2.23 bits per heavy atom. The fourth-order valence-electron chi connectivity index (χ4n) is 5.64. The second-order valence-corrected chi connectivity index (χ2v) is 10.6. The van der Waals surface area contributed by atoms with Crippen molar-refractivity contribution in [2.45, 2.75) is 51.5 Å². The SMILES string of the molecule is COc1ccc2c(c1)CCCC(c1ccc(OC)cc1NCc1ccc(OCCN3CCCCCC3)cc1)=C2. The van der Waals surface area contributed by atoms with Crippen LogP contribution >= 0.6 is 0 Å². The van der Waals surface area contributed by atoms with Gasteiger partial charge >= 0.3 is 0 Å². The highest BCUT2D eigenvalue weighted by atomic mass is 16.5. The molecule has 0 atom stereocenters. The molecule has 0 bridgehead atoms. The van der Waals surface area contributed by atoms with Crippen LogP contribution in [0.25, 0.3) is 11.6 Å². The molecule has 2 aliphatic rings.